The van der Waals surface area contributed by atoms with Gasteiger partial charge in [-0.25, -0.2) is 0 Å². The molecule has 0 unspecified atom stereocenters. The Balaban J connectivity index is 1.99. The van der Waals surface area contributed by atoms with E-state index in [1.807, 2.05) is 0 Å². The first-order valence-corrected chi connectivity index (χ1v) is 7.44. The number of nitrogens with zero attached hydrogens (tertiary/aromatic N) is 2. The molecule has 21 heavy (non-hydrogen) atoms. The van der Waals surface area contributed by atoms with Gasteiger partial charge in [-0.05, 0) is 12.1 Å². The molecule has 1 aliphatic heterocycles. The highest BCUT2D eigenvalue weighted by atomic mass is 32.2. The lowest BCUT2D eigenvalue weighted by atomic mass is 10.3. The zero-order chi connectivity index (χ0) is 15.5. The summed E-state index contributed by atoms with van der Waals surface area (Å²) in [5.41, 5.74) is -4.85. The third kappa shape index (κ3) is 4.29. The quantitative estimate of drug-likeness (QED) is 0.611. The van der Waals surface area contributed by atoms with Gasteiger partial charge < -0.3 is 8.92 Å². The normalized spacial score (nSPS) is 17.7. The second-order valence-electron chi connectivity index (χ2n) is 4.36. The van der Waals surface area contributed by atoms with E-state index in [9.17, 15) is 21.6 Å². The Morgan fingerprint density at radius 2 is 1.95 bits per heavy atom. The van der Waals surface area contributed by atoms with Crippen molar-refractivity contribution in [3.63, 3.8) is 0 Å². The lowest BCUT2D eigenvalue weighted by molar-refractivity contribution is -0.0500. The number of rotatable bonds is 4. The van der Waals surface area contributed by atoms with Crippen LogP contribution in [0.15, 0.2) is 18.3 Å². The van der Waals surface area contributed by atoms with Gasteiger partial charge in [0.05, 0.1) is 25.1 Å². The van der Waals surface area contributed by atoms with Crippen LogP contribution >= 0.6 is 0 Å². The van der Waals surface area contributed by atoms with E-state index in [-0.39, 0.29) is 0 Å². The van der Waals surface area contributed by atoms with Crippen molar-refractivity contribution in [2.45, 2.75) is 12.1 Å². The minimum Gasteiger partial charge on any atom is -0.379 e. The molecule has 0 bridgehead atoms. The maximum Gasteiger partial charge on any atom is 0.534 e. The summed E-state index contributed by atoms with van der Waals surface area (Å²) in [6.45, 7) is 3.22. The third-order valence-corrected chi connectivity index (χ3v) is 3.76. The minimum atomic E-state index is -5.66. The van der Waals surface area contributed by atoms with E-state index >= 15 is 0 Å². The van der Waals surface area contributed by atoms with Gasteiger partial charge in [-0.2, -0.15) is 21.6 Å². The van der Waals surface area contributed by atoms with Crippen molar-refractivity contribution in [1.29, 1.82) is 0 Å². The number of pyridine rings is 1. The van der Waals surface area contributed by atoms with E-state index in [0.717, 1.165) is 25.4 Å². The molecule has 0 amide bonds. The third-order valence-electron chi connectivity index (χ3n) is 2.78. The highest BCUT2D eigenvalue weighted by molar-refractivity contribution is 7.87. The zero-order valence-corrected chi connectivity index (χ0v) is 11.7. The van der Waals surface area contributed by atoms with Crippen molar-refractivity contribution in [1.82, 2.24) is 9.88 Å². The first-order chi connectivity index (χ1) is 9.78. The maximum absolute atomic E-state index is 12.2. The first kappa shape index (κ1) is 16.0. The van der Waals surface area contributed by atoms with Crippen molar-refractivity contribution in [2.24, 2.45) is 0 Å². The fourth-order valence-corrected chi connectivity index (χ4v) is 2.16. The highest BCUT2D eigenvalue weighted by Crippen LogP contribution is 2.26. The summed E-state index contributed by atoms with van der Waals surface area (Å²) >= 11 is 0. The van der Waals surface area contributed by atoms with E-state index in [4.69, 9.17) is 4.74 Å². The zero-order valence-electron chi connectivity index (χ0n) is 10.8. The van der Waals surface area contributed by atoms with Crippen LogP contribution in [0.1, 0.15) is 5.69 Å². The van der Waals surface area contributed by atoms with Gasteiger partial charge in [0, 0.05) is 19.6 Å². The van der Waals surface area contributed by atoms with E-state index in [1.54, 1.807) is 0 Å². The fraction of sp³-hybridized carbons (Fsp3) is 0.545. The second-order valence-corrected chi connectivity index (χ2v) is 5.89. The predicted octanol–water partition coefficient (Wildman–Crippen LogP) is 1.14. The Labute approximate surface area is 119 Å². The molecule has 0 atom stereocenters. The second kappa shape index (κ2) is 6.16. The topological polar surface area (TPSA) is 68.7 Å². The van der Waals surface area contributed by atoms with Crippen LogP contribution in [-0.4, -0.2) is 50.1 Å². The van der Waals surface area contributed by atoms with Crippen molar-refractivity contribution >= 4 is 10.1 Å². The molecule has 2 heterocycles. The maximum atomic E-state index is 12.2. The Hall–Kier alpha value is -1.39. The lowest BCUT2D eigenvalue weighted by Crippen LogP contribution is -2.35. The number of halogens is 3. The van der Waals surface area contributed by atoms with Gasteiger partial charge in [0.2, 0.25) is 0 Å². The van der Waals surface area contributed by atoms with Gasteiger partial charge in [0.15, 0.2) is 5.75 Å². The van der Waals surface area contributed by atoms with Crippen molar-refractivity contribution in [2.75, 3.05) is 26.3 Å². The molecule has 0 spiro atoms. The van der Waals surface area contributed by atoms with E-state index in [1.165, 1.54) is 6.07 Å². The fourth-order valence-electron chi connectivity index (χ4n) is 1.72. The van der Waals surface area contributed by atoms with E-state index in [0.29, 0.717) is 25.5 Å². The molecule has 1 aromatic heterocycles. The summed E-state index contributed by atoms with van der Waals surface area (Å²) in [7, 11) is -5.66. The summed E-state index contributed by atoms with van der Waals surface area (Å²) in [5.74, 6) is -0.474. The molecule has 6 nitrogen and oxygen atoms in total. The van der Waals surface area contributed by atoms with Crippen LogP contribution in [0.4, 0.5) is 13.2 Å². The molecule has 0 N–H and O–H groups in total. The molecule has 10 heteroatoms. The van der Waals surface area contributed by atoms with Gasteiger partial charge >= 0.3 is 15.6 Å². The smallest absolute Gasteiger partial charge is 0.379 e. The molecule has 0 saturated carbocycles. The highest BCUT2D eigenvalue weighted by Gasteiger charge is 2.48. The van der Waals surface area contributed by atoms with Crippen LogP contribution < -0.4 is 4.18 Å². The number of morpholine rings is 1. The SMILES string of the molecule is O=S(=O)(Oc1ccc(CN2CCOCC2)nc1)C(F)(F)F. The van der Waals surface area contributed by atoms with Crippen molar-refractivity contribution in [3.05, 3.63) is 24.0 Å². The Bertz CT molecular complexity index is 568. The molecule has 1 aromatic rings. The Morgan fingerprint density at radius 1 is 1.29 bits per heavy atom. The lowest BCUT2D eigenvalue weighted by Gasteiger charge is -2.26. The minimum absolute atomic E-state index is 0.474. The average Bonchev–Trinajstić information content (AvgIpc) is 2.41. The van der Waals surface area contributed by atoms with Crippen LogP contribution in [0.2, 0.25) is 0 Å². The van der Waals surface area contributed by atoms with Gasteiger partial charge in [-0.3, -0.25) is 9.88 Å². The molecule has 0 radical (unpaired) electrons. The van der Waals surface area contributed by atoms with E-state index < -0.39 is 21.4 Å². The summed E-state index contributed by atoms with van der Waals surface area (Å²) < 4.78 is 67.3. The largest absolute Gasteiger partial charge is 0.534 e. The molecule has 2 rings (SSSR count). The molecule has 0 aliphatic carbocycles. The van der Waals surface area contributed by atoms with Crippen molar-refractivity contribution < 1.29 is 30.5 Å². The number of alkyl halides is 3. The molecule has 1 saturated heterocycles. The summed E-state index contributed by atoms with van der Waals surface area (Å²) in [6, 6.07) is 2.57. The summed E-state index contributed by atoms with van der Waals surface area (Å²) in [4.78, 5) is 5.97. The number of ether oxygens (including phenoxy) is 1. The molecular weight excluding hydrogens is 313 g/mol. The van der Waals surface area contributed by atoms with Gasteiger partial charge in [0.25, 0.3) is 0 Å². The molecule has 1 aliphatic rings. The van der Waals surface area contributed by atoms with Crippen LogP contribution in [-0.2, 0) is 21.4 Å². The van der Waals surface area contributed by atoms with Crippen molar-refractivity contribution in [3.8, 4) is 5.75 Å². The van der Waals surface area contributed by atoms with Crippen LogP contribution in [0.3, 0.4) is 0 Å². The predicted molar refractivity (Wildman–Crippen MR) is 65.9 cm³/mol. The molecule has 1 fully saturated rings. The summed E-state index contributed by atoms with van der Waals surface area (Å²) in [6.07, 6.45) is 0.957. The van der Waals surface area contributed by atoms with Gasteiger partial charge in [-0.15, -0.1) is 0 Å². The standard InChI is InChI=1S/C11H13F3N2O4S/c12-11(13,14)21(17,18)20-10-2-1-9(15-7-10)8-16-3-5-19-6-4-16/h1-2,7H,3-6,8H2. The van der Waals surface area contributed by atoms with Gasteiger partial charge in [0.1, 0.15) is 0 Å². The van der Waals surface area contributed by atoms with E-state index in [2.05, 4.69) is 14.1 Å². The number of hydrogen-bond acceptors (Lipinski definition) is 6. The average molecular weight is 326 g/mol. The van der Waals surface area contributed by atoms with Crippen LogP contribution in [0.25, 0.3) is 0 Å². The van der Waals surface area contributed by atoms with Crippen LogP contribution in [0, 0.1) is 0 Å². The molecular formula is C11H13F3N2O4S. The monoisotopic (exact) mass is 326 g/mol. The van der Waals surface area contributed by atoms with Gasteiger partial charge in [-0.1, -0.05) is 0 Å². The molecule has 118 valence electrons. The number of aromatic nitrogens is 1. The van der Waals surface area contributed by atoms with Crippen LogP contribution in [0.5, 0.6) is 5.75 Å². The molecule has 0 aromatic carbocycles. The Morgan fingerprint density at radius 3 is 2.48 bits per heavy atom. The summed E-state index contributed by atoms with van der Waals surface area (Å²) in [5, 5.41) is 0. The number of hydrogen-bond donors (Lipinski definition) is 0. The first-order valence-electron chi connectivity index (χ1n) is 6.04. The Kier molecular flexibility index (Phi) is 4.69.